The van der Waals surface area contributed by atoms with Gasteiger partial charge in [0.1, 0.15) is 11.8 Å². The van der Waals surface area contributed by atoms with Gasteiger partial charge < -0.3 is 15.8 Å². The zero-order valence-electron chi connectivity index (χ0n) is 16.2. The van der Waals surface area contributed by atoms with Crippen molar-refractivity contribution in [3.05, 3.63) is 65.7 Å². The monoisotopic (exact) mass is 368 g/mol. The topological polar surface area (TPSA) is 81.4 Å². The molecule has 2 rings (SSSR count). The van der Waals surface area contributed by atoms with Gasteiger partial charge in [0.15, 0.2) is 0 Å². The summed E-state index contributed by atoms with van der Waals surface area (Å²) in [7, 11) is 0. The van der Waals surface area contributed by atoms with Crippen molar-refractivity contribution in [1.29, 1.82) is 0 Å². The Morgan fingerprint density at radius 1 is 1.04 bits per heavy atom. The number of rotatable bonds is 8. The van der Waals surface area contributed by atoms with Crippen LogP contribution in [-0.2, 0) is 15.0 Å². The van der Waals surface area contributed by atoms with Gasteiger partial charge in [0.05, 0.1) is 6.61 Å². The summed E-state index contributed by atoms with van der Waals surface area (Å²) in [6, 6.07) is 16.2. The first-order chi connectivity index (χ1) is 12.8. The summed E-state index contributed by atoms with van der Waals surface area (Å²) in [5, 5.41) is 2.69. The fraction of sp³-hybridized carbons (Fsp3) is 0.364. The summed E-state index contributed by atoms with van der Waals surface area (Å²) in [4.78, 5) is 23.8. The molecule has 2 amide bonds. The van der Waals surface area contributed by atoms with Crippen molar-refractivity contribution in [2.75, 3.05) is 6.61 Å². The average molecular weight is 368 g/mol. The number of primary amides is 1. The molecule has 144 valence electrons. The Bertz CT molecular complexity index is 749. The Labute approximate surface area is 160 Å². The molecule has 5 nitrogen and oxygen atoms in total. The molecular weight excluding hydrogens is 340 g/mol. The van der Waals surface area contributed by atoms with Crippen LogP contribution in [0.15, 0.2) is 54.6 Å². The lowest BCUT2D eigenvalue weighted by atomic mass is 9.87. The van der Waals surface area contributed by atoms with Crippen LogP contribution >= 0.6 is 0 Å². The van der Waals surface area contributed by atoms with Crippen LogP contribution < -0.4 is 15.8 Å². The molecule has 0 aliphatic carbocycles. The van der Waals surface area contributed by atoms with Gasteiger partial charge in [0.25, 0.3) is 0 Å². The van der Waals surface area contributed by atoms with E-state index in [4.69, 9.17) is 10.5 Å². The Morgan fingerprint density at radius 3 is 2.22 bits per heavy atom. The minimum Gasteiger partial charge on any atom is -0.494 e. The Hall–Kier alpha value is -2.82. The summed E-state index contributed by atoms with van der Waals surface area (Å²) < 4.78 is 5.69. The van der Waals surface area contributed by atoms with Gasteiger partial charge in [-0.1, -0.05) is 63.2 Å². The SMILES string of the molecule is CC(C)(C)c1ccc(OCCCC(=O)NC(C(N)=O)c2ccccc2)cc1. The maximum atomic E-state index is 12.1. The van der Waals surface area contributed by atoms with Gasteiger partial charge in [0.2, 0.25) is 11.8 Å². The summed E-state index contributed by atoms with van der Waals surface area (Å²) in [5.41, 5.74) is 7.43. The first kappa shape index (κ1) is 20.5. The molecule has 5 heteroatoms. The third-order valence-corrected chi connectivity index (χ3v) is 4.26. The number of carbonyl (C=O) groups excluding carboxylic acids is 2. The lowest BCUT2D eigenvalue weighted by Gasteiger charge is -2.19. The van der Waals surface area contributed by atoms with Crippen LogP contribution in [0.3, 0.4) is 0 Å². The molecule has 0 aliphatic heterocycles. The standard InChI is InChI=1S/C22H28N2O3/c1-22(2,3)17-11-13-18(14-12-17)27-15-7-10-19(25)24-20(21(23)26)16-8-5-4-6-9-16/h4-6,8-9,11-14,20H,7,10,15H2,1-3H3,(H2,23,26)(H,24,25). The van der Waals surface area contributed by atoms with Gasteiger partial charge in [-0.3, -0.25) is 9.59 Å². The first-order valence-electron chi connectivity index (χ1n) is 9.14. The van der Waals surface area contributed by atoms with E-state index in [1.54, 1.807) is 24.3 Å². The smallest absolute Gasteiger partial charge is 0.244 e. The summed E-state index contributed by atoms with van der Waals surface area (Å²) >= 11 is 0. The molecule has 2 aromatic rings. The second kappa shape index (κ2) is 9.21. The van der Waals surface area contributed by atoms with Crippen LogP contribution in [0.2, 0.25) is 0 Å². The molecule has 0 saturated heterocycles. The number of benzene rings is 2. The number of ether oxygens (including phenoxy) is 1. The van der Waals surface area contributed by atoms with Crippen molar-refractivity contribution in [2.24, 2.45) is 5.73 Å². The maximum Gasteiger partial charge on any atom is 0.244 e. The zero-order chi connectivity index (χ0) is 19.9. The molecule has 27 heavy (non-hydrogen) atoms. The van der Waals surface area contributed by atoms with Gasteiger partial charge in [-0.15, -0.1) is 0 Å². The number of hydrogen-bond acceptors (Lipinski definition) is 3. The lowest BCUT2D eigenvalue weighted by molar-refractivity contribution is -0.127. The van der Waals surface area contributed by atoms with Gasteiger partial charge in [0, 0.05) is 6.42 Å². The number of carbonyl (C=O) groups is 2. The lowest BCUT2D eigenvalue weighted by Crippen LogP contribution is -2.37. The molecule has 0 heterocycles. The highest BCUT2D eigenvalue weighted by Gasteiger charge is 2.19. The maximum absolute atomic E-state index is 12.1. The molecule has 3 N–H and O–H groups in total. The molecule has 1 unspecified atom stereocenters. The fourth-order valence-corrected chi connectivity index (χ4v) is 2.67. The van der Waals surface area contributed by atoms with Crippen molar-refractivity contribution in [1.82, 2.24) is 5.32 Å². The van der Waals surface area contributed by atoms with E-state index in [1.165, 1.54) is 5.56 Å². The van der Waals surface area contributed by atoms with Gasteiger partial charge in [-0.2, -0.15) is 0 Å². The third-order valence-electron chi connectivity index (χ3n) is 4.26. The highest BCUT2D eigenvalue weighted by Crippen LogP contribution is 2.24. The largest absolute Gasteiger partial charge is 0.494 e. The number of nitrogens with two attached hydrogens (primary N) is 1. The second-order valence-corrected chi connectivity index (χ2v) is 7.54. The molecule has 2 aromatic carbocycles. The quantitative estimate of drug-likeness (QED) is 0.700. The van der Waals surface area contributed by atoms with E-state index in [1.807, 2.05) is 18.2 Å². The van der Waals surface area contributed by atoms with E-state index in [2.05, 4.69) is 38.2 Å². The van der Waals surface area contributed by atoms with Crippen molar-refractivity contribution in [2.45, 2.75) is 45.1 Å². The van der Waals surface area contributed by atoms with Gasteiger partial charge in [-0.05, 0) is 35.1 Å². The Morgan fingerprint density at radius 2 is 1.67 bits per heavy atom. The van der Waals surface area contributed by atoms with Crippen molar-refractivity contribution in [3.8, 4) is 5.75 Å². The van der Waals surface area contributed by atoms with Crippen molar-refractivity contribution < 1.29 is 14.3 Å². The number of amides is 2. The van der Waals surface area contributed by atoms with Crippen molar-refractivity contribution in [3.63, 3.8) is 0 Å². The number of nitrogens with one attached hydrogen (secondary N) is 1. The first-order valence-corrected chi connectivity index (χ1v) is 9.14. The van der Waals surface area contributed by atoms with E-state index >= 15 is 0 Å². The van der Waals surface area contributed by atoms with Gasteiger partial charge >= 0.3 is 0 Å². The summed E-state index contributed by atoms with van der Waals surface area (Å²) in [6.07, 6.45) is 0.809. The molecular formula is C22H28N2O3. The third kappa shape index (κ3) is 6.44. The molecule has 0 bridgehead atoms. The van der Waals surface area contributed by atoms with E-state index in [9.17, 15) is 9.59 Å². The minimum atomic E-state index is -0.815. The van der Waals surface area contributed by atoms with E-state index in [-0.39, 0.29) is 17.7 Å². The normalized spacial score (nSPS) is 12.3. The van der Waals surface area contributed by atoms with Crippen molar-refractivity contribution >= 4 is 11.8 Å². The highest BCUT2D eigenvalue weighted by atomic mass is 16.5. The van der Waals surface area contributed by atoms with Crippen LogP contribution in [0.4, 0.5) is 0 Å². The zero-order valence-corrected chi connectivity index (χ0v) is 16.2. The Kier molecular flexibility index (Phi) is 6.99. The predicted octanol–water partition coefficient (Wildman–Crippen LogP) is 3.49. The molecule has 0 aliphatic rings. The molecule has 0 saturated carbocycles. The predicted molar refractivity (Wildman–Crippen MR) is 106 cm³/mol. The highest BCUT2D eigenvalue weighted by molar-refractivity contribution is 5.87. The molecule has 0 aromatic heterocycles. The molecule has 1 atom stereocenters. The minimum absolute atomic E-state index is 0.104. The van der Waals surface area contributed by atoms with E-state index in [0.29, 0.717) is 18.6 Å². The molecule has 0 fully saturated rings. The van der Waals surface area contributed by atoms with Crippen LogP contribution in [0.25, 0.3) is 0 Å². The Balaban J connectivity index is 1.78. The second-order valence-electron chi connectivity index (χ2n) is 7.54. The van der Waals surface area contributed by atoms with E-state index < -0.39 is 11.9 Å². The van der Waals surface area contributed by atoms with E-state index in [0.717, 1.165) is 5.75 Å². The number of hydrogen-bond donors (Lipinski definition) is 2. The summed E-state index contributed by atoms with van der Waals surface area (Å²) in [5.74, 6) is -0.0261. The van der Waals surface area contributed by atoms with Crippen LogP contribution in [0, 0.1) is 0 Å². The van der Waals surface area contributed by atoms with Gasteiger partial charge in [-0.25, -0.2) is 0 Å². The van der Waals surface area contributed by atoms with Crippen LogP contribution in [-0.4, -0.2) is 18.4 Å². The summed E-state index contributed by atoms with van der Waals surface area (Å²) in [6.45, 7) is 6.91. The fourth-order valence-electron chi connectivity index (χ4n) is 2.67. The van der Waals surface area contributed by atoms with Crippen LogP contribution in [0.5, 0.6) is 5.75 Å². The van der Waals surface area contributed by atoms with Crippen LogP contribution in [0.1, 0.15) is 50.8 Å². The average Bonchev–Trinajstić information content (AvgIpc) is 2.63. The molecule has 0 spiro atoms. The molecule has 0 radical (unpaired) electrons.